The highest BCUT2D eigenvalue weighted by Gasteiger charge is 2.18. The summed E-state index contributed by atoms with van der Waals surface area (Å²) in [6.45, 7) is 0.0631. The van der Waals surface area contributed by atoms with E-state index in [1.165, 1.54) is 0 Å². The predicted octanol–water partition coefficient (Wildman–Crippen LogP) is -1.71. The number of carbonyl (C=O) groups excluding carboxylic acids is 1. The number of aliphatic hydroxyl groups is 3. The van der Waals surface area contributed by atoms with E-state index >= 15 is 0 Å². The molecule has 0 saturated heterocycles. The van der Waals surface area contributed by atoms with Crippen LogP contribution in [0, 0.1) is 0 Å². The molecule has 0 aliphatic carbocycles. The van der Waals surface area contributed by atoms with Gasteiger partial charge in [0.05, 0.1) is 7.98 Å². The Morgan fingerprint density at radius 3 is 2.33 bits per heavy atom. The summed E-state index contributed by atoms with van der Waals surface area (Å²) >= 11 is 0. The predicted molar refractivity (Wildman–Crippen MR) is 29.8 cm³/mol. The molecule has 0 fully saturated rings. The normalized spacial score (nSPS) is 22.0. The zero-order valence-corrected chi connectivity index (χ0v) is 5.03. The lowest BCUT2D eigenvalue weighted by atomic mass is 10.1. The van der Waals surface area contributed by atoms with Gasteiger partial charge in [-0.3, -0.25) is 4.79 Å². The van der Waals surface area contributed by atoms with Crippen LogP contribution in [0.3, 0.4) is 0 Å². The van der Waals surface area contributed by atoms with E-state index < -0.39 is 24.6 Å². The lowest BCUT2D eigenvalue weighted by molar-refractivity contribution is -0.132. The monoisotopic (exact) mass is 136 g/mol. The smallest absolute Gasteiger partial charge is 0.160 e. The Morgan fingerprint density at radius 1 is 1.78 bits per heavy atom. The highest BCUT2D eigenvalue weighted by atomic mass is 16.4. The molecule has 0 unspecified atom stereocenters. The van der Waals surface area contributed by atoms with Crippen LogP contribution in [-0.2, 0) is 4.79 Å². The third-order valence-corrected chi connectivity index (χ3v) is 0.863. The third kappa shape index (κ3) is 2.55. The van der Waals surface area contributed by atoms with Gasteiger partial charge < -0.3 is 15.3 Å². The van der Waals surface area contributed by atoms with E-state index in [0.717, 1.165) is 6.92 Å². The standard InChI is InChI=1S/C5H10O4/c1-3(7)5(9)4(8)2-6/h4-6,8-9H,2H2,1H3/t4-,5-/m1/s1/i4T. The van der Waals surface area contributed by atoms with Crippen molar-refractivity contribution in [3.05, 3.63) is 0 Å². The number of Topliss-reactive ketones (excluding diaryl/α,β-unsaturated/α-hetero) is 1. The van der Waals surface area contributed by atoms with Gasteiger partial charge in [-0.1, -0.05) is 0 Å². The van der Waals surface area contributed by atoms with E-state index in [4.69, 9.17) is 16.7 Å². The number of hydrogen-bond donors (Lipinski definition) is 3. The Kier molecular flexibility index (Phi) is 2.63. The molecule has 0 radical (unpaired) electrons. The molecule has 0 rings (SSSR count). The SMILES string of the molecule is [3H][C@@](O)(CO)[C@H](O)C(C)=O. The van der Waals surface area contributed by atoms with Crippen molar-refractivity contribution < 1.29 is 21.5 Å². The molecule has 0 aromatic heterocycles. The number of carbonyl (C=O) groups is 1. The summed E-state index contributed by atoms with van der Waals surface area (Å²) in [7, 11) is 0. The molecule has 0 saturated carbocycles. The van der Waals surface area contributed by atoms with Crippen LogP contribution in [0.15, 0.2) is 0 Å². The molecule has 2 atom stereocenters. The second kappa shape index (κ2) is 3.55. The van der Waals surface area contributed by atoms with Gasteiger partial charge in [0.2, 0.25) is 0 Å². The minimum atomic E-state index is -2.47. The van der Waals surface area contributed by atoms with Crippen molar-refractivity contribution >= 4 is 5.78 Å². The van der Waals surface area contributed by atoms with E-state index in [2.05, 4.69) is 0 Å². The first kappa shape index (κ1) is 6.67. The molecule has 9 heavy (non-hydrogen) atoms. The Bertz CT molecular complexity index is 134. The number of aliphatic hydroxyl groups excluding tert-OH is 2. The molecule has 0 bridgehead atoms. The summed E-state index contributed by atoms with van der Waals surface area (Å²) in [5.74, 6) is -0.744. The zero-order chi connectivity index (χ0) is 8.36. The maximum atomic E-state index is 10.3. The molecule has 0 amide bonds. The fraction of sp³-hybridized carbons (Fsp3) is 0.800. The molecule has 0 aromatic carbocycles. The van der Waals surface area contributed by atoms with Gasteiger partial charge in [0.1, 0.15) is 12.2 Å². The Balaban J connectivity index is 4.17. The second-order valence-corrected chi connectivity index (χ2v) is 1.66. The van der Waals surface area contributed by atoms with E-state index in [1.54, 1.807) is 0 Å². The van der Waals surface area contributed by atoms with Crippen molar-refractivity contribution in [2.45, 2.75) is 19.1 Å². The fourth-order valence-electron chi connectivity index (χ4n) is 0.321. The van der Waals surface area contributed by atoms with E-state index in [9.17, 15) is 4.79 Å². The molecule has 3 N–H and O–H groups in total. The molecule has 4 heteroatoms. The molecule has 0 aliphatic heterocycles. The molecule has 0 spiro atoms. The topological polar surface area (TPSA) is 77.8 Å². The van der Waals surface area contributed by atoms with Gasteiger partial charge in [0, 0.05) is 0 Å². The quantitative estimate of drug-likeness (QED) is 0.431. The number of ketones is 1. The van der Waals surface area contributed by atoms with E-state index in [-0.39, 0.29) is 0 Å². The highest BCUT2D eigenvalue weighted by Crippen LogP contribution is 1.92. The molecule has 0 aromatic rings. The Hall–Kier alpha value is -0.450. The Morgan fingerprint density at radius 2 is 2.22 bits per heavy atom. The second-order valence-electron chi connectivity index (χ2n) is 1.66. The maximum Gasteiger partial charge on any atom is 0.160 e. The van der Waals surface area contributed by atoms with Gasteiger partial charge in [0.15, 0.2) is 5.78 Å². The fourth-order valence-corrected chi connectivity index (χ4v) is 0.321. The molecular weight excluding hydrogens is 124 g/mol. The van der Waals surface area contributed by atoms with Crippen LogP contribution < -0.4 is 0 Å². The van der Waals surface area contributed by atoms with Crippen molar-refractivity contribution in [1.29, 1.82) is 0 Å². The van der Waals surface area contributed by atoms with Crippen LogP contribution in [-0.4, -0.2) is 39.9 Å². The van der Waals surface area contributed by atoms with Crippen molar-refractivity contribution in [3.63, 3.8) is 0 Å². The van der Waals surface area contributed by atoms with Gasteiger partial charge in [-0.15, -0.1) is 0 Å². The minimum Gasteiger partial charge on any atom is -0.394 e. The van der Waals surface area contributed by atoms with Crippen molar-refractivity contribution in [1.82, 2.24) is 0 Å². The average Bonchev–Trinajstić information content (AvgIpc) is 1.86. The summed E-state index contributed by atoms with van der Waals surface area (Å²) < 4.78 is 6.75. The summed E-state index contributed by atoms with van der Waals surface area (Å²) in [4.78, 5) is 10.3. The molecular formula is C5H10O4. The molecule has 4 nitrogen and oxygen atoms in total. The third-order valence-electron chi connectivity index (χ3n) is 0.863. The van der Waals surface area contributed by atoms with Crippen LogP contribution in [0.5, 0.6) is 0 Å². The van der Waals surface area contributed by atoms with E-state index in [1.807, 2.05) is 0 Å². The molecule has 54 valence electrons. The van der Waals surface area contributed by atoms with Gasteiger partial charge >= 0.3 is 0 Å². The number of hydrogen-bond acceptors (Lipinski definition) is 4. The van der Waals surface area contributed by atoms with Crippen LogP contribution in [0.4, 0.5) is 0 Å². The largest absolute Gasteiger partial charge is 0.394 e. The first-order valence-electron chi connectivity index (χ1n) is 2.93. The van der Waals surface area contributed by atoms with Gasteiger partial charge in [-0.05, 0) is 6.92 Å². The van der Waals surface area contributed by atoms with Crippen LogP contribution in [0.2, 0.25) is 0 Å². The zero-order valence-electron chi connectivity index (χ0n) is 6.03. The Labute approximate surface area is 54.1 Å². The first-order valence-corrected chi connectivity index (χ1v) is 2.43. The molecule has 0 heterocycles. The van der Waals surface area contributed by atoms with Crippen LogP contribution in [0.1, 0.15) is 8.29 Å². The summed E-state index contributed by atoms with van der Waals surface area (Å²) in [5, 5.41) is 25.7. The molecule has 0 aliphatic rings. The first-order chi connectivity index (χ1) is 4.41. The van der Waals surface area contributed by atoms with Gasteiger partial charge in [0.25, 0.3) is 0 Å². The van der Waals surface area contributed by atoms with Gasteiger partial charge in [-0.2, -0.15) is 0 Å². The van der Waals surface area contributed by atoms with Crippen molar-refractivity contribution in [2.24, 2.45) is 0 Å². The lowest BCUT2D eigenvalue weighted by Gasteiger charge is -2.10. The van der Waals surface area contributed by atoms with Gasteiger partial charge in [-0.25, -0.2) is 0 Å². The average molecular weight is 136 g/mol. The minimum absolute atomic E-state index is 0.744. The highest BCUT2D eigenvalue weighted by molar-refractivity contribution is 5.80. The maximum absolute atomic E-state index is 10.3. The van der Waals surface area contributed by atoms with Crippen molar-refractivity contribution in [2.75, 3.05) is 6.61 Å². The van der Waals surface area contributed by atoms with E-state index in [0.29, 0.717) is 0 Å². The van der Waals surface area contributed by atoms with Crippen molar-refractivity contribution in [3.8, 4) is 0 Å². The summed E-state index contributed by atoms with van der Waals surface area (Å²) in [6.07, 6.45) is -4.30. The summed E-state index contributed by atoms with van der Waals surface area (Å²) in [6, 6.07) is 0. The lowest BCUT2D eigenvalue weighted by Crippen LogP contribution is -2.34. The number of rotatable bonds is 3. The van der Waals surface area contributed by atoms with Crippen LogP contribution >= 0.6 is 0 Å². The summed E-state index contributed by atoms with van der Waals surface area (Å²) in [5.41, 5.74) is 0. The van der Waals surface area contributed by atoms with Crippen LogP contribution in [0.25, 0.3) is 0 Å².